The van der Waals surface area contributed by atoms with Crippen LogP contribution in [-0.4, -0.2) is 41.7 Å². The van der Waals surface area contributed by atoms with Gasteiger partial charge in [0, 0.05) is 37.0 Å². The molecule has 6 nitrogen and oxygen atoms in total. The van der Waals surface area contributed by atoms with Gasteiger partial charge in [-0.05, 0) is 35.4 Å². The van der Waals surface area contributed by atoms with Crippen LogP contribution < -0.4 is 10.7 Å². The molecule has 0 unspecified atom stereocenters. The molecule has 0 radical (unpaired) electrons. The van der Waals surface area contributed by atoms with Crippen molar-refractivity contribution in [3.63, 3.8) is 0 Å². The minimum Gasteiger partial charge on any atom is -0.379 e. The number of morpholine rings is 1. The van der Waals surface area contributed by atoms with Crippen LogP contribution in [0.1, 0.15) is 11.1 Å². The van der Waals surface area contributed by atoms with Gasteiger partial charge in [-0.3, -0.25) is 14.5 Å². The fourth-order valence-corrected chi connectivity index (χ4v) is 4.52. The second-order valence-corrected chi connectivity index (χ2v) is 8.38. The maximum absolute atomic E-state index is 13.0. The van der Waals surface area contributed by atoms with Gasteiger partial charge in [0.1, 0.15) is 6.54 Å². The number of fused-ring (bicyclic) bond motifs is 2. The largest absolute Gasteiger partial charge is 0.379 e. The Bertz CT molecular complexity index is 1300. The number of para-hydroxylation sites is 2. The maximum Gasteiger partial charge on any atom is 0.240 e. The summed E-state index contributed by atoms with van der Waals surface area (Å²) in [5.74, 6) is -0.0878. The summed E-state index contributed by atoms with van der Waals surface area (Å²) in [6.07, 6.45) is 0. The van der Waals surface area contributed by atoms with Gasteiger partial charge in [0.2, 0.25) is 5.91 Å². The second kappa shape index (κ2) is 9.57. The first-order valence-corrected chi connectivity index (χ1v) is 11.3. The Balaban J connectivity index is 1.36. The number of hydrogen-bond acceptors (Lipinski definition) is 4. The normalized spacial score (nSPS) is 14.5. The van der Waals surface area contributed by atoms with Gasteiger partial charge in [0.15, 0.2) is 5.43 Å². The molecule has 4 aromatic rings. The Morgan fingerprint density at radius 1 is 0.818 bits per heavy atom. The summed E-state index contributed by atoms with van der Waals surface area (Å²) < 4.78 is 7.38. The van der Waals surface area contributed by atoms with E-state index in [2.05, 4.69) is 22.3 Å². The van der Waals surface area contributed by atoms with Crippen molar-refractivity contribution in [3.05, 3.63) is 94.1 Å². The van der Waals surface area contributed by atoms with E-state index in [9.17, 15) is 9.59 Å². The molecule has 6 heteroatoms. The molecule has 1 amide bonds. The SMILES string of the molecule is O=C(Cn1c2ccccc2c(=O)c2ccccc21)NCc1ccccc1CN1CCOCC1. The summed E-state index contributed by atoms with van der Waals surface area (Å²) in [4.78, 5) is 28.3. The van der Waals surface area contributed by atoms with Gasteiger partial charge in [-0.2, -0.15) is 0 Å². The van der Waals surface area contributed by atoms with Crippen LogP contribution in [0, 0.1) is 0 Å². The van der Waals surface area contributed by atoms with Crippen molar-refractivity contribution in [2.24, 2.45) is 0 Å². The van der Waals surface area contributed by atoms with Crippen LogP contribution in [0.3, 0.4) is 0 Å². The first-order chi connectivity index (χ1) is 16.2. The van der Waals surface area contributed by atoms with Crippen molar-refractivity contribution in [2.45, 2.75) is 19.6 Å². The van der Waals surface area contributed by atoms with Crippen LogP contribution in [0.25, 0.3) is 21.8 Å². The van der Waals surface area contributed by atoms with E-state index in [1.807, 2.05) is 65.2 Å². The number of hydrogen-bond donors (Lipinski definition) is 1. The molecule has 1 fully saturated rings. The summed E-state index contributed by atoms with van der Waals surface area (Å²) in [5, 5.41) is 4.34. The number of aromatic nitrogens is 1. The van der Waals surface area contributed by atoms with Crippen molar-refractivity contribution < 1.29 is 9.53 Å². The number of nitrogens with zero attached hydrogens (tertiary/aromatic N) is 2. The molecule has 3 aromatic carbocycles. The van der Waals surface area contributed by atoms with E-state index in [1.54, 1.807) is 0 Å². The van der Waals surface area contributed by atoms with Crippen molar-refractivity contribution >= 4 is 27.7 Å². The number of pyridine rings is 1. The molecule has 0 saturated carbocycles. The van der Waals surface area contributed by atoms with Gasteiger partial charge in [-0.15, -0.1) is 0 Å². The van der Waals surface area contributed by atoms with Gasteiger partial charge in [-0.1, -0.05) is 48.5 Å². The van der Waals surface area contributed by atoms with Crippen LogP contribution in [0.5, 0.6) is 0 Å². The highest BCUT2D eigenvalue weighted by molar-refractivity contribution is 5.94. The van der Waals surface area contributed by atoms with E-state index in [4.69, 9.17) is 4.74 Å². The number of rotatable bonds is 6. The fourth-order valence-electron chi connectivity index (χ4n) is 4.52. The summed E-state index contributed by atoms with van der Waals surface area (Å²) >= 11 is 0. The number of carbonyl (C=O) groups is 1. The second-order valence-electron chi connectivity index (χ2n) is 8.38. The summed E-state index contributed by atoms with van der Waals surface area (Å²) in [7, 11) is 0. The smallest absolute Gasteiger partial charge is 0.240 e. The van der Waals surface area contributed by atoms with Crippen LogP contribution in [0.15, 0.2) is 77.6 Å². The van der Waals surface area contributed by atoms with Crippen molar-refractivity contribution in [3.8, 4) is 0 Å². The van der Waals surface area contributed by atoms with Crippen molar-refractivity contribution in [1.82, 2.24) is 14.8 Å². The van der Waals surface area contributed by atoms with E-state index in [1.165, 1.54) is 5.56 Å². The lowest BCUT2D eigenvalue weighted by atomic mass is 10.1. The molecular weight excluding hydrogens is 414 g/mol. The molecule has 0 bridgehead atoms. The van der Waals surface area contributed by atoms with Gasteiger partial charge in [0.05, 0.1) is 24.2 Å². The third-order valence-electron chi connectivity index (χ3n) is 6.27. The first kappa shape index (κ1) is 21.4. The van der Waals surface area contributed by atoms with Crippen LogP contribution in [-0.2, 0) is 29.2 Å². The predicted molar refractivity (Wildman–Crippen MR) is 130 cm³/mol. The van der Waals surface area contributed by atoms with Gasteiger partial charge >= 0.3 is 0 Å². The van der Waals surface area contributed by atoms with Crippen molar-refractivity contribution in [2.75, 3.05) is 26.3 Å². The molecule has 0 aliphatic carbocycles. The molecule has 1 saturated heterocycles. The van der Waals surface area contributed by atoms with Crippen molar-refractivity contribution in [1.29, 1.82) is 0 Å². The summed E-state index contributed by atoms with van der Waals surface area (Å²) in [6.45, 7) is 4.84. The zero-order valence-electron chi connectivity index (χ0n) is 18.5. The molecular formula is C27H27N3O3. The molecule has 0 atom stereocenters. The number of nitrogens with one attached hydrogen (secondary N) is 1. The highest BCUT2D eigenvalue weighted by Gasteiger charge is 2.15. The number of benzene rings is 3. The topological polar surface area (TPSA) is 63.6 Å². The third kappa shape index (κ3) is 4.53. The lowest BCUT2D eigenvalue weighted by Crippen LogP contribution is -2.36. The monoisotopic (exact) mass is 441 g/mol. The summed E-state index contributed by atoms with van der Waals surface area (Å²) in [5.41, 5.74) is 3.87. The Kier molecular flexibility index (Phi) is 6.19. The molecule has 1 N–H and O–H groups in total. The van der Waals surface area contributed by atoms with Gasteiger partial charge < -0.3 is 14.6 Å². The molecule has 5 rings (SSSR count). The van der Waals surface area contributed by atoms with Crippen LogP contribution in [0.4, 0.5) is 0 Å². The first-order valence-electron chi connectivity index (χ1n) is 11.3. The Hall–Kier alpha value is -3.48. The van der Waals surface area contributed by atoms with Gasteiger partial charge in [-0.25, -0.2) is 0 Å². The predicted octanol–water partition coefficient (Wildman–Crippen LogP) is 3.30. The van der Waals surface area contributed by atoms with Gasteiger partial charge in [0.25, 0.3) is 0 Å². The Morgan fingerprint density at radius 2 is 1.39 bits per heavy atom. The maximum atomic E-state index is 13.0. The van der Waals surface area contributed by atoms with E-state index in [-0.39, 0.29) is 17.9 Å². The molecule has 1 aromatic heterocycles. The van der Waals surface area contributed by atoms with E-state index >= 15 is 0 Å². The lowest BCUT2D eigenvalue weighted by Gasteiger charge is -2.27. The average Bonchev–Trinajstić information content (AvgIpc) is 2.87. The highest BCUT2D eigenvalue weighted by atomic mass is 16.5. The Labute approximate surface area is 192 Å². The van der Waals surface area contributed by atoms with E-state index < -0.39 is 0 Å². The van der Waals surface area contributed by atoms with Crippen LogP contribution >= 0.6 is 0 Å². The molecule has 0 spiro atoms. The number of carbonyl (C=O) groups excluding carboxylic acids is 1. The molecule has 168 valence electrons. The zero-order chi connectivity index (χ0) is 22.6. The zero-order valence-corrected chi connectivity index (χ0v) is 18.5. The fraction of sp³-hybridized carbons (Fsp3) is 0.259. The van der Waals surface area contributed by atoms with E-state index in [0.29, 0.717) is 17.3 Å². The minimum atomic E-state index is -0.0878. The lowest BCUT2D eigenvalue weighted by molar-refractivity contribution is -0.121. The third-order valence-corrected chi connectivity index (χ3v) is 6.27. The number of ether oxygens (including phenoxy) is 1. The molecule has 1 aliphatic heterocycles. The highest BCUT2D eigenvalue weighted by Crippen LogP contribution is 2.19. The molecule has 2 heterocycles. The van der Waals surface area contributed by atoms with Crippen LogP contribution in [0.2, 0.25) is 0 Å². The standard InChI is InChI=1S/C27H27N3O3/c31-26(28-17-20-7-1-2-8-21(20)18-29-13-15-33-16-14-29)19-30-24-11-5-3-9-22(24)27(32)23-10-4-6-12-25(23)30/h1-12H,13-19H2,(H,28,31). The quantitative estimate of drug-likeness (QED) is 0.467. The number of amides is 1. The van der Waals surface area contributed by atoms with E-state index in [0.717, 1.165) is 49.4 Å². The minimum absolute atomic E-state index is 0.00472. The molecule has 33 heavy (non-hydrogen) atoms. The average molecular weight is 442 g/mol. The molecule has 1 aliphatic rings. The Morgan fingerprint density at radius 3 is 2.06 bits per heavy atom. The summed E-state index contributed by atoms with van der Waals surface area (Å²) in [6, 6.07) is 23.2.